The van der Waals surface area contributed by atoms with E-state index in [1.54, 1.807) is 7.11 Å². The molecule has 2 N–H and O–H groups in total. The molecule has 0 aliphatic heterocycles. The minimum absolute atomic E-state index is 0.556. The zero-order valence-corrected chi connectivity index (χ0v) is 9.08. The van der Waals surface area contributed by atoms with Gasteiger partial charge in [0.05, 0.1) is 7.11 Å². The summed E-state index contributed by atoms with van der Waals surface area (Å²) in [5, 5.41) is 0. The molecular weight excluding hydrogens is 176 g/mol. The van der Waals surface area contributed by atoms with Gasteiger partial charge in [0, 0.05) is 18.7 Å². The minimum Gasteiger partial charge on any atom is -0.496 e. The molecule has 1 rings (SSSR count). The Labute approximate surface area is 85.5 Å². The van der Waals surface area contributed by atoms with Crippen LogP contribution in [0.2, 0.25) is 0 Å². The number of nitrogens with two attached hydrogens (primary N) is 1. The number of ether oxygens (including phenoxy) is 1. The van der Waals surface area contributed by atoms with Crippen molar-refractivity contribution < 1.29 is 4.74 Å². The second-order valence-corrected chi connectivity index (χ2v) is 3.54. The molecular formula is C11H18N2O. The Kier molecular flexibility index (Phi) is 3.92. The van der Waals surface area contributed by atoms with Gasteiger partial charge in [0.15, 0.2) is 0 Å². The van der Waals surface area contributed by atoms with Crippen LogP contribution in [0.1, 0.15) is 11.1 Å². The van der Waals surface area contributed by atoms with Gasteiger partial charge in [-0.2, -0.15) is 0 Å². The molecule has 0 unspecified atom stereocenters. The summed E-state index contributed by atoms with van der Waals surface area (Å²) in [6.45, 7) is 1.41. The molecule has 3 nitrogen and oxygen atoms in total. The Morgan fingerprint density at radius 1 is 1.36 bits per heavy atom. The van der Waals surface area contributed by atoms with Crippen LogP contribution < -0.4 is 10.5 Å². The number of rotatable bonds is 4. The third-order valence-corrected chi connectivity index (χ3v) is 2.14. The third-order valence-electron chi connectivity index (χ3n) is 2.14. The maximum atomic E-state index is 5.68. The highest BCUT2D eigenvalue weighted by atomic mass is 16.5. The standard InChI is InChI=1S/C11H18N2O/c1-13(2)8-10-9(7-12)5-4-6-11(10)14-3/h4-6H,7-8,12H2,1-3H3. The largest absolute Gasteiger partial charge is 0.496 e. The van der Waals surface area contributed by atoms with E-state index in [-0.39, 0.29) is 0 Å². The van der Waals surface area contributed by atoms with E-state index in [0.717, 1.165) is 17.9 Å². The zero-order chi connectivity index (χ0) is 10.6. The van der Waals surface area contributed by atoms with Gasteiger partial charge in [0.1, 0.15) is 5.75 Å². The van der Waals surface area contributed by atoms with Crippen LogP contribution in [-0.4, -0.2) is 26.1 Å². The fourth-order valence-electron chi connectivity index (χ4n) is 1.49. The Balaban J connectivity index is 3.05. The van der Waals surface area contributed by atoms with E-state index < -0.39 is 0 Å². The summed E-state index contributed by atoms with van der Waals surface area (Å²) in [5.41, 5.74) is 8.01. The van der Waals surface area contributed by atoms with E-state index in [1.807, 2.05) is 32.3 Å². The van der Waals surface area contributed by atoms with Gasteiger partial charge in [-0.25, -0.2) is 0 Å². The molecule has 78 valence electrons. The number of hydrogen-bond acceptors (Lipinski definition) is 3. The molecule has 0 radical (unpaired) electrons. The van der Waals surface area contributed by atoms with Gasteiger partial charge in [-0.05, 0) is 25.7 Å². The fraction of sp³-hybridized carbons (Fsp3) is 0.455. The molecule has 0 aromatic heterocycles. The molecule has 0 amide bonds. The molecule has 1 aromatic rings. The van der Waals surface area contributed by atoms with Gasteiger partial charge in [-0.1, -0.05) is 12.1 Å². The van der Waals surface area contributed by atoms with Gasteiger partial charge < -0.3 is 15.4 Å². The van der Waals surface area contributed by atoms with Crippen molar-refractivity contribution in [3.63, 3.8) is 0 Å². The van der Waals surface area contributed by atoms with E-state index >= 15 is 0 Å². The van der Waals surface area contributed by atoms with Crippen LogP contribution in [0.4, 0.5) is 0 Å². The lowest BCUT2D eigenvalue weighted by atomic mass is 10.1. The average molecular weight is 194 g/mol. The van der Waals surface area contributed by atoms with Crippen molar-refractivity contribution in [2.45, 2.75) is 13.1 Å². The van der Waals surface area contributed by atoms with Gasteiger partial charge in [-0.15, -0.1) is 0 Å². The quantitative estimate of drug-likeness (QED) is 0.783. The molecule has 0 saturated heterocycles. The smallest absolute Gasteiger partial charge is 0.123 e. The number of hydrogen-bond donors (Lipinski definition) is 1. The first kappa shape index (κ1) is 11.0. The van der Waals surface area contributed by atoms with Crippen LogP contribution in [0, 0.1) is 0 Å². The van der Waals surface area contributed by atoms with E-state index in [2.05, 4.69) is 4.90 Å². The van der Waals surface area contributed by atoms with Crippen LogP contribution in [-0.2, 0) is 13.1 Å². The molecule has 0 bridgehead atoms. The number of methoxy groups -OCH3 is 1. The Bertz CT molecular complexity index is 275. The topological polar surface area (TPSA) is 38.5 Å². The third kappa shape index (κ3) is 2.47. The van der Waals surface area contributed by atoms with Gasteiger partial charge >= 0.3 is 0 Å². The molecule has 0 fully saturated rings. The lowest BCUT2D eigenvalue weighted by molar-refractivity contribution is 0.370. The summed E-state index contributed by atoms with van der Waals surface area (Å²) in [5.74, 6) is 0.918. The Morgan fingerprint density at radius 2 is 2.07 bits per heavy atom. The first-order valence-electron chi connectivity index (χ1n) is 4.68. The number of benzene rings is 1. The molecule has 0 aliphatic carbocycles. The van der Waals surface area contributed by atoms with Crippen molar-refractivity contribution in [3.8, 4) is 5.75 Å². The van der Waals surface area contributed by atoms with Crippen molar-refractivity contribution in [1.82, 2.24) is 4.90 Å². The molecule has 0 saturated carbocycles. The lowest BCUT2D eigenvalue weighted by Crippen LogP contribution is -2.14. The maximum Gasteiger partial charge on any atom is 0.123 e. The summed E-state index contributed by atoms with van der Waals surface area (Å²) in [4.78, 5) is 2.11. The molecule has 1 aromatic carbocycles. The van der Waals surface area contributed by atoms with Gasteiger partial charge in [-0.3, -0.25) is 0 Å². The first-order valence-corrected chi connectivity index (χ1v) is 4.68. The van der Waals surface area contributed by atoms with Crippen molar-refractivity contribution in [2.24, 2.45) is 5.73 Å². The van der Waals surface area contributed by atoms with Crippen LogP contribution in [0.25, 0.3) is 0 Å². The van der Waals surface area contributed by atoms with E-state index in [0.29, 0.717) is 6.54 Å². The highest BCUT2D eigenvalue weighted by molar-refractivity contribution is 5.40. The summed E-state index contributed by atoms with van der Waals surface area (Å²) in [6.07, 6.45) is 0. The molecule has 3 heteroatoms. The molecule has 14 heavy (non-hydrogen) atoms. The SMILES string of the molecule is COc1cccc(CN)c1CN(C)C. The van der Waals surface area contributed by atoms with E-state index in [1.165, 1.54) is 5.56 Å². The lowest BCUT2D eigenvalue weighted by Gasteiger charge is -2.16. The second kappa shape index (κ2) is 4.98. The van der Waals surface area contributed by atoms with Crippen molar-refractivity contribution in [1.29, 1.82) is 0 Å². The second-order valence-electron chi connectivity index (χ2n) is 3.54. The average Bonchev–Trinajstić information content (AvgIpc) is 2.17. The van der Waals surface area contributed by atoms with E-state index in [4.69, 9.17) is 10.5 Å². The van der Waals surface area contributed by atoms with Crippen molar-refractivity contribution >= 4 is 0 Å². The summed E-state index contributed by atoms with van der Waals surface area (Å²) in [7, 11) is 5.76. The van der Waals surface area contributed by atoms with Crippen LogP contribution in [0.15, 0.2) is 18.2 Å². The van der Waals surface area contributed by atoms with Gasteiger partial charge in [0.2, 0.25) is 0 Å². The summed E-state index contributed by atoms with van der Waals surface area (Å²) < 4.78 is 5.31. The van der Waals surface area contributed by atoms with Crippen LogP contribution >= 0.6 is 0 Å². The highest BCUT2D eigenvalue weighted by Crippen LogP contribution is 2.22. The molecule has 0 spiro atoms. The Morgan fingerprint density at radius 3 is 2.57 bits per heavy atom. The monoisotopic (exact) mass is 194 g/mol. The highest BCUT2D eigenvalue weighted by Gasteiger charge is 2.08. The van der Waals surface area contributed by atoms with Crippen molar-refractivity contribution in [3.05, 3.63) is 29.3 Å². The molecule has 0 heterocycles. The van der Waals surface area contributed by atoms with E-state index in [9.17, 15) is 0 Å². The maximum absolute atomic E-state index is 5.68. The normalized spacial score (nSPS) is 10.6. The molecule has 0 atom stereocenters. The molecule has 0 aliphatic rings. The summed E-state index contributed by atoms with van der Waals surface area (Å²) >= 11 is 0. The predicted molar refractivity (Wildman–Crippen MR) is 58.3 cm³/mol. The Hall–Kier alpha value is -1.06. The van der Waals surface area contributed by atoms with Gasteiger partial charge in [0.25, 0.3) is 0 Å². The predicted octanol–water partition coefficient (Wildman–Crippen LogP) is 1.22. The minimum atomic E-state index is 0.556. The van der Waals surface area contributed by atoms with Crippen LogP contribution in [0.5, 0.6) is 5.75 Å². The fourth-order valence-corrected chi connectivity index (χ4v) is 1.49. The van der Waals surface area contributed by atoms with Crippen LogP contribution in [0.3, 0.4) is 0 Å². The van der Waals surface area contributed by atoms with Crippen molar-refractivity contribution in [2.75, 3.05) is 21.2 Å². The first-order chi connectivity index (χ1) is 6.69. The summed E-state index contributed by atoms with van der Waals surface area (Å²) in [6, 6.07) is 5.99. The zero-order valence-electron chi connectivity index (χ0n) is 9.08. The number of nitrogens with zero attached hydrogens (tertiary/aromatic N) is 1.